The van der Waals surface area contributed by atoms with Crippen LogP contribution >= 0.6 is 0 Å². The van der Waals surface area contributed by atoms with Crippen LogP contribution in [0.5, 0.6) is 5.75 Å². The summed E-state index contributed by atoms with van der Waals surface area (Å²) in [5.41, 5.74) is 2.50. The minimum absolute atomic E-state index is 1.01. The van der Waals surface area contributed by atoms with Gasteiger partial charge in [-0.2, -0.15) is 0 Å². The molecule has 0 N–H and O–H groups in total. The molecule has 0 amide bonds. The second-order valence-electron chi connectivity index (χ2n) is 4.45. The Balaban J connectivity index is 2.11. The lowest BCUT2D eigenvalue weighted by Crippen LogP contribution is -2.18. The SMILES string of the molecule is C[CH2][Al]([CH2]C)[O]c1ccc(-c2ccccc2)cc1. The first-order chi connectivity index (χ1) is 8.83. The average molecular weight is 254 g/mol. The van der Waals surface area contributed by atoms with Gasteiger partial charge in [0.25, 0.3) is 0 Å². The molecule has 0 aliphatic heterocycles. The average Bonchev–Trinajstić information content (AvgIpc) is 2.46. The smallest absolute Gasteiger partial charge is 0.546 e. The molecule has 0 radical (unpaired) electrons. The van der Waals surface area contributed by atoms with Gasteiger partial charge in [-0.3, -0.25) is 0 Å². The predicted octanol–water partition coefficient (Wildman–Crippen LogP) is 4.76. The largest absolute Gasteiger partial charge is 0.643 e. The minimum Gasteiger partial charge on any atom is -0.643 e. The van der Waals surface area contributed by atoms with Crippen molar-refractivity contribution in [1.82, 2.24) is 0 Å². The van der Waals surface area contributed by atoms with Crippen LogP contribution in [-0.4, -0.2) is 14.5 Å². The molecule has 2 rings (SSSR count). The van der Waals surface area contributed by atoms with Crippen LogP contribution in [0.3, 0.4) is 0 Å². The zero-order chi connectivity index (χ0) is 12.8. The molecule has 0 bridgehead atoms. The molecule has 92 valence electrons. The Hall–Kier alpha value is -1.23. The summed E-state index contributed by atoms with van der Waals surface area (Å²) in [6.45, 7) is 4.44. The van der Waals surface area contributed by atoms with Gasteiger partial charge < -0.3 is 3.79 Å². The first-order valence-electron chi connectivity index (χ1n) is 6.65. The van der Waals surface area contributed by atoms with Gasteiger partial charge in [-0.15, -0.1) is 0 Å². The fourth-order valence-electron chi connectivity index (χ4n) is 2.00. The van der Waals surface area contributed by atoms with Crippen LogP contribution in [0.15, 0.2) is 54.6 Å². The maximum absolute atomic E-state index is 6.04. The van der Waals surface area contributed by atoms with Crippen molar-refractivity contribution in [2.24, 2.45) is 0 Å². The van der Waals surface area contributed by atoms with Crippen molar-refractivity contribution in [2.45, 2.75) is 24.4 Å². The Morgan fingerprint density at radius 2 is 1.33 bits per heavy atom. The van der Waals surface area contributed by atoms with E-state index >= 15 is 0 Å². The van der Waals surface area contributed by atoms with Gasteiger partial charge in [-0.25, -0.2) is 0 Å². The van der Waals surface area contributed by atoms with Gasteiger partial charge in [0.15, 0.2) is 0 Å². The highest BCUT2D eigenvalue weighted by Crippen LogP contribution is 2.22. The maximum Gasteiger partial charge on any atom is 0.546 e. The third kappa shape index (κ3) is 3.38. The highest BCUT2D eigenvalue weighted by molar-refractivity contribution is 6.52. The monoisotopic (exact) mass is 254 g/mol. The van der Waals surface area contributed by atoms with E-state index in [1.807, 2.05) is 6.07 Å². The van der Waals surface area contributed by atoms with Crippen LogP contribution in [0.4, 0.5) is 0 Å². The summed E-state index contributed by atoms with van der Waals surface area (Å²) in [6, 6.07) is 18.9. The van der Waals surface area contributed by atoms with E-state index in [1.165, 1.54) is 21.7 Å². The lowest BCUT2D eigenvalue weighted by molar-refractivity contribution is 0.566. The second kappa shape index (κ2) is 6.64. The van der Waals surface area contributed by atoms with E-state index in [0.29, 0.717) is 0 Å². The van der Waals surface area contributed by atoms with E-state index < -0.39 is 14.5 Å². The van der Waals surface area contributed by atoms with Crippen LogP contribution in [0.25, 0.3) is 11.1 Å². The molecule has 0 unspecified atom stereocenters. The first kappa shape index (κ1) is 13.2. The molecule has 0 saturated heterocycles. The van der Waals surface area contributed by atoms with Crippen LogP contribution in [0, 0.1) is 0 Å². The minimum atomic E-state index is -1.01. The Kier molecular flexibility index (Phi) is 4.87. The van der Waals surface area contributed by atoms with Crippen LogP contribution in [0.1, 0.15) is 13.8 Å². The highest BCUT2D eigenvalue weighted by atomic mass is 27.2. The normalized spacial score (nSPS) is 10.1. The molecule has 2 aromatic carbocycles. The Morgan fingerprint density at radius 3 is 1.89 bits per heavy atom. The summed E-state index contributed by atoms with van der Waals surface area (Å²) in [7, 11) is 0. The Morgan fingerprint density at radius 1 is 0.778 bits per heavy atom. The quantitative estimate of drug-likeness (QED) is 0.699. The fraction of sp³-hybridized carbons (Fsp3) is 0.250. The number of hydrogen-bond acceptors (Lipinski definition) is 1. The topological polar surface area (TPSA) is 9.23 Å². The van der Waals surface area contributed by atoms with Gasteiger partial charge in [0, 0.05) is 0 Å². The summed E-state index contributed by atoms with van der Waals surface area (Å²) < 4.78 is 6.04. The number of benzene rings is 2. The maximum atomic E-state index is 6.04. The van der Waals surface area contributed by atoms with Crippen molar-refractivity contribution in [1.29, 1.82) is 0 Å². The van der Waals surface area contributed by atoms with Crippen LogP contribution < -0.4 is 3.79 Å². The third-order valence-corrected chi connectivity index (χ3v) is 5.60. The molecule has 2 heteroatoms. The van der Waals surface area contributed by atoms with Crippen molar-refractivity contribution in [2.75, 3.05) is 0 Å². The van der Waals surface area contributed by atoms with E-state index in [9.17, 15) is 0 Å². The molecule has 0 saturated carbocycles. The number of rotatable bonds is 5. The summed E-state index contributed by atoms with van der Waals surface area (Å²) in [5, 5.41) is 2.38. The summed E-state index contributed by atoms with van der Waals surface area (Å²) in [5.74, 6) is 1.02. The summed E-state index contributed by atoms with van der Waals surface area (Å²) >= 11 is -1.01. The summed E-state index contributed by atoms with van der Waals surface area (Å²) in [6.07, 6.45) is 0. The summed E-state index contributed by atoms with van der Waals surface area (Å²) in [4.78, 5) is 0. The van der Waals surface area contributed by atoms with Gasteiger partial charge in [0.05, 0.1) is 5.75 Å². The van der Waals surface area contributed by atoms with Crippen LogP contribution in [-0.2, 0) is 0 Å². The molecular formula is C16H19AlO. The molecule has 2 aromatic rings. The molecule has 0 heterocycles. The van der Waals surface area contributed by atoms with Gasteiger partial charge in [0.2, 0.25) is 0 Å². The Bertz CT molecular complexity index is 460. The molecule has 18 heavy (non-hydrogen) atoms. The zero-order valence-corrected chi connectivity index (χ0v) is 12.3. The molecule has 0 aliphatic carbocycles. The van der Waals surface area contributed by atoms with Gasteiger partial charge in [0.1, 0.15) is 0 Å². The molecule has 1 nitrogen and oxygen atoms in total. The molecule has 0 atom stereocenters. The Labute approximate surface area is 114 Å². The van der Waals surface area contributed by atoms with Gasteiger partial charge in [-0.1, -0.05) is 66.9 Å². The van der Waals surface area contributed by atoms with Crippen molar-refractivity contribution in [3.05, 3.63) is 54.6 Å². The van der Waals surface area contributed by atoms with E-state index in [2.05, 4.69) is 62.4 Å². The molecule has 0 aromatic heterocycles. The number of hydrogen-bond donors (Lipinski definition) is 0. The van der Waals surface area contributed by atoms with Crippen LogP contribution in [0.2, 0.25) is 10.6 Å². The van der Waals surface area contributed by atoms with Gasteiger partial charge >= 0.3 is 14.5 Å². The molecule has 0 fully saturated rings. The lowest BCUT2D eigenvalue weighted by Gasteiger charge is -2.12. The van der Waals surface area contributed by atoms with E-state index in [-0.39, 0.29) is 0 Å². The standard InChI is InChI=1S/C12H10O.2C2H5.Al/c13-12-8-6-11(7-9-12)10-4-2-1-3-5-10;2*1-2;/h1-9,13H;2*1H2,2H3;/q;;;+1/p-1. The van der Waals surface area contributed by atoms with Crippen molar-refractivity contribution in [3.63, 3.8) is 0 Å². The van der Waals surface area contributed by atoms with E-state index in [0.717, 1.165) is 5.75 Å². The first-order valence-corrected chi connectivity index (χ1v) is 8.76. The lowest BCUT2D eigenvalue weighted by atomic mass is 10.1. The third-order valence-electron chi connectivity index (χ3n) is 3.17. The zero-order valence-electron chi connectivity index (χ0n) is 11.1. The molecule has 0 spiro atoms. The highest BCUT2D eigenvalue weighted by Gasteiger charge is 2.17. The van der Waals surface area contributed by atoms with Crippen molar-refractivity contribution < 1.29 is 3.79 Å². The van der Waals surface area contributed by atoms with Crippen molar-refractivity contribution in [3.8, 4) is 16.9 Å². The van der Waals surface area contributed by atoms with E-state index in [1.54, 1.807) is 0 Å². The second-order valence-corrected chi connectivity index (χ2v) is 7.56. The predicted molar refractivity (Wildman–Crippen MR) is 79.2 cm³/mol. The molecular weight excluding hydrogens is 235 g/mol. The van der Waals surface area contributed by atoms with E-state index in [4.69, 9.17) is 3.79 Å². The van der Waals surface area contributed by atoms with Gasteiger partial charge in [-0.05, 0) is 23.3 Å². The van der Waals surface area contributed by atoms with Crippen molar-refractivity contribution >= 4 is 14.5 Å². The fourth-order valence-corrected chi connectivity index (χ4v) is 3.46. The molecule has 0 aliphatic rings.